The number of carbonyl (C=O) groups is 4. The SMILES string of the molecule is C=C(C)C(=O)OCCCCC(=O)C1CCC(C(=O)CCCCOC(=O)C(=C)C)CC1. The third kappa shape index (κ3) is 9.99. The molecular formula is C24H36O6. The maximum atomic E-state index is 12.4. The predicted molar refractivity (Wildman–Crippen MR) is 115 cm³/mol. The van der Waals surface area contributed by atoms with Crippen LogP contribution in [0.5, 0.6) is 0 Å². The lowest BCUT2D eigenvalue weighted by Gasteiger charge is -2.26. The molecule has 0 N–H and O–H groups in total. The molecule has 1 aliphatic rings. The van der Waals surface area contributed by atoms with E-state index in [0.717, 1.165) is 25.7 Å². The van der Waals surface area contributed by atoms with Crippen LogP contribution >= 0.6 is 0 Å². The monoisotopic (exact) mass is 420 g/mol. The second-order valence-electron chi connectivity index (χ2n) is 8.23. The molecule has 0 aromatic heterocycles. The summed E-state index contributed by atoms with van der Waals surface area (Å²) in [7, 11) is 0. The van der Waals surface area contributed by atoms with Crippen LogP contribution in [-0.4, -0.2) is 36.7 Å². The fraction of sp³-hybridized carbons (Fsp3) is 0.667. The maximum Gasteiger partial charge on any atom is 0.333 e. The van der Waals surface area contributed by atoms with E-state index in [-0.39, 0.29) is 23.4 Å². The van der Waals surface area contributed by atoms with Gasteiger partial charge in [-0.15, -0.1) is 0 Å². The lowest BCUT2D eigenvalue weighted by atomic mass is 9.77. The number of carbonyl (C=O) groups excluding carboxylic acids is 4. The molecule has 1 fully saturated rings. The van der Waals surface area contributed by atoms with Crippen LogP contribution in [-0.2, 0) is 28.7 Å². The second kappa shape index (κ2) is 13.9. The van der Waals surface area contributed by atoms with Crippen molar-refractivity contribution in [1.29, 1.82) is 0 Å². The van der Waals surface area contributed by atoms with Crippen LogP contribution in [0.2, 0.25) is 0 Å². The number of hydrogen-bond donors (Lipinski definition) is 0. The Morgan fingerprint density at radius 3 is 1.30 bits per heavy atom. The average Bonchev–Trinajstić information content (AvgIpc) is 2.72. The molecule has 0 unspecified atom stereocenters. The van der Waals surface area contributed by atoms with Gasteiger partial charge in [0.05, 0.1) is 13.2 Å². The van der Waals surface area contributed by atoms with E-state index in [1.54, 1.807) is 13.8 Å². The normalized spacial score (nSPS) is 18.3. The highest BCUT2D eigenvalue weighted by molar-refractivity contribution is 5.87. The molecule has 0 aromatic rings. The Morgan fingerprint density at radius 1 is 0.667 bits per heavy atom. The Hall–Kier alpha value is -2.24. The van der Waals surface area contributed by atoms with Crippen LogP contribution in [0.3, 0.4) is 0 Å². The van der Waals surface area contributed by atoms with Crippen molar-refractivity contribution in [1.82, 2.24) is 0 Å². The molecule has 30 heavy (non-hydrogen) atoms. The molecule has 0 amide bonds. The number of rotatable bonds is 14. The first kappa shape index (κ1) is 25.8. The minimum Gasteiger partial charge on any atom is -0.462 e. The first-order valence-electron chi connectivity index (χ1n) is 10.9. The fourth-order valence-corrected chi connectivity index (χ4v) is 3.52. The van der Waals surface area contributed by atoms with Gasteiger partial charge in [0.2, 0.25) is 0 Å². The van der Waals surface area contributed by atoms with Crippen LogP contribution < -0.4 is 0 Å². The van der Waals surface area contributed by atoms with Crippen LogP contribution in [0.1, 0.15) is 78.1 Å². The van der Waals surface area contributed by atoms with Crippen molar-refractivity contribution >= 4 is 23.5 Å². The highest BCUT2D eigenvalue weighted by Crippen LogP contribution is 2.31. The van der Waals surface area contributed by atoms with Gasteiger partial charge in [-0.25, -0.2) is 9.59 Å². The maximum absolute atomic E-state index is 12.4. The highest BCUT2D eigenvalue weighted by Gasteiger charge is 2.29. The summed E-state index contributed by atoms with van der Waals surface area (Å²) in [5.74, 6) is -0.172. The average molecular weight is 421 g/mol. The molecule has 0 atom stereocenters. The van der Waals surface area contributed by atoms with Crippen molar-refractivity contribution in [3.8, 4) is 0 Å². The number of ketones is 2. The molecule has 0 saturated heterocycles. The Balaban J connectivity index is 2.13. The summed E-state index contributed by atoms with van der Waals surface area (Å²) < 4.78 is 10.1. The standard InChI is InChI=1S/C24H36O6/c1-17(2)23(27)29-15-7-5-9-21(25)19-11-13-20(14-12-19)22(26)10-6-8-16-30-24(28)18(3)4/h19-20H,1,3,5-16H2,2,4H3. The predicted octanol–water partition coefficient (Wildman–Crippen LogP) is 4.51. The van der Waals surface area contributed by atoms with Crippen molar-refractivity contribution in [2.75, 3.05) is 13.2 Å². The van der Waals surface area contributed by atoms with Gasteiger partial charge in [0.15, 0.2) is 0 Å². The van der Waals surface area contributed by atoms with Crippen LogP contribution in [0, 0.1) is 11.8 Å². The Morgan fingerprint density at radius 2 is 1.00 bits per heavy atom. The Kier molecular flexibility index (Phi) is 11.9. The summed E-state index contributed by atoms with van der Waals surface area (Å²) in [6.45, 7) is 10.9. The first-order valence-corrected chi connectivity index (χ1v) is 10.9. The molecule has 1 saturated carbocycles. The van der Waals surface area contributed by atoms with Gasteiger partial charge in [-0.1, -0.05) is 13.2 Å². The van der Waals surface area contributed by atoms with E-state index in [1.165, 1.54) is 0 Å². The molecule has 0 spiro atoms. The van der Waals surface area contributed by atoms with Gasteiger partial charge in [0.25, 0.3) is 0 Å². The summed E-state index contributed by atoms with van der Waals surface area (Å²) in [6.07, 6.45) is 6.83. The summed E-state index contributed by atoms with van der Waals surface area (Å²) in [5, 5.41) is 0. The lowest BCUT2D eigenvalue weighted by molar-refractivity contribution is -0.140. The zero-order valence-electron chi connectivity index (χ0n) is 18.5. The highest BCUT2D eigenvalue weighted by atomic mass is 16.5. The minimum atomic E-state index is -0.391. The van der Waals surface area contributed by atoms with E-state index in [2.05, 4.69) is 13.2 Å². The molecule has 0 radical (unpaired) electrons. The molecule has 0 aliphatic heterocycles. The van der Waals surface area contributed by atoms with Crippen LogP contribution in [0.4, 0.5) is 0 Å². The largest absolute Gasteiger partial charge is 0.462 e. The Bertz CT molecular complexity index is 584. The minimum absolute atomic E-state index is 0.0496. The molecule has 0 heterocycles. The number of hydrogen-bond acceptors (Lipinski definition) is 6. The summed E-state index contributed by atoms with van der Waals surface area (Å²) in [5.41, 5.74) is 0.757. The van der Waals surface area contributed by atoms with Crippen LogP contribution in [0.15, 0.2) is 24.3 Å². The van der Waals surface area contributed by atoms with Crippen molar-refractivity contribution in [3.05, 3.63) is 24.3 Å². The smallest absolute Gasteiger partial charge is 0.333 e. The van der Waals surface area contributed by atoms with E-state index in [0.29, 0.717) is 62.9 Å². The fourth-order valence-electron chi connectivity index (χ4n) is 3.52. The molecule has 0 aromatic carbocycles. The van der Waals surface area contributed by atoms with E-state index in [9.17, 15) is 19.2 Å². The number of esters is 2. The van der Waals surface area contributed by atoms with E-state index < -0.39 is 11.9 Å². The van der Waals surface area contributed by atoms with Gasteiger partial charge in [-0.05, 0) is 65.2 Å². The van der Waals surface area contributed by atoms with Gasteiger partial charge in [0, 0.05) is 35.8 Å². The molecular weight excluding hydrogens is 384 g/mol. The van der Waals surface area contributed by atoms with E-state index >= 15 is 0 Å². The molecule has 6 heteroatoms. The van der Waals surface area contributed by atoms with Gasteiger partial charge in [-0.3, -0.25) is 9.59 Å². The molecule has 6 nitrogen and oxygen atoms in total. The zero-order chi connectivity index (χ0) is 22.5. The van der Waals surface area contributed by atoms with Crippen molar-refractivity contribution in [3.63, 3.8) is 0 Å². The van der Waals surface area contributed by atoms with Crippen molar-refractivity contribution in [2.45, 2.75) is 78.1 Å². The summed E-state index contributed by atoms with van der Waals surface area (Å²) in [4.78, 5) is 47.3. The third-order valence-corrected chi connectivity index (χ3v) is 5.44. The topological polar surface area (TPSA) is 86.7 Å². The van der Waals surface area contributed by atoms with Crippen molar-refractivity contribution < 1.29 is 28.7 Å². The van der Waals surface area contributed by atoms with Crippen molar-refractivity contribution in [2.24, 2.45) is 11.8 Å². The van der Waals surface area contributed by atoms with E-state index in [1.807, 2.05) is 0 Å². The summed E-state index contributed by atoms with van der Waals surface area (Å²) in [6, 6.07) is 0. The summed E-state index contributed by atoms with van der Waals surface area (Å²) >= 11 is 0. The number of ether oxygens (including phenoxy) is 2. The third-order valence-electron chi connectivity index (χ3n) is 5.44. The molecule has 168 valence electrons. The van der Waals surface area contributed by atoms with Crippen LogP contribution in [0.25, 0.3) is 0 Å². The molecule has 1 rings (SSSR count). The zero-order valence-corrected chi connectivity index (χ0v) is 18.5. The molecule has 1 aliphatic carbocycles. The lowest BCUT2D eigenvalue weighted by Crippen LogP contribution is -2.26. The van der Waals surface area contributed by atoms with Gasteiger partial charge < -0.3 is 9.47 Å². The van der Waals surface area contributed by atoms with Gasteiger partial charge in [0.1, 0.15) is 11.6 Å². The Labute approximate surface area is 180 Å². The number of Topliss-reactive ketones (excluding diaryl/α,β-unsaturated/α-hetero) is 2. The van der Waals surface area contributed by atoms with Gasteiger partial charge in [-0.2, -0.15) is 0 Å². The molecule has 0 bridgehead atoms. The quantitative estimate of drug-likeness (QED) is 0.233. The number of unbranched alkanes of at least 4 members (excludes halogenated alkanes) is 2. The first-order chi connectivity index (χ1) is 14.2. The van der Waals surface area contributed by atoms with Gasteiger partial charge >= 0.3 is 11.9 Å². The van der Waals surface area contributed by atoms with E-state index in [4.69, 9.17) is 9.47 Å². The second-order valence-corrected chi connectivity index (χ2v) is 8.23.